The summed E-state index contributed by atoms with van der Waals surface area (Å²) in [5.74, 6) is -0.692. The fraction of sp³-hybridized carbons (Fsp3) is 0.571. The molecule has 0 atom stereocenters. The topological polar surface area (TPSA) is 66.8 Å². The van der Waals surface area contributed by atoms with E-state index in [1.807, 2.05) is 0 Å². The maximum absolute atomic E-state index is 10.7. The van der Waals surface area contributed by atoms with Gasteiger partial charge in [0, 0.05) is 12.1 Å². The number of hydrogen-bond donors (Lipinski definition) is 2. The van der Waals surface area contributed by atoms with Crippen molar-refractivity contribution in [3.05, 3.63) is 12.2 Å². The summed E-state index contributed by atoms with van der Waals surface area (Å²) in [6.45, 7) is 3.44. The normalized spacial score (nSPS) is 12.0. The molecule has 12 heavy (non-hydrogen) atoms. The fourth-order valence-electron chi connectivity index (χ4n) is 0.708. The molecule has 0 bridgehead atoms. The third kappa shape index (κ3) is 5.06. The summed E-state index contributed by atoms with van der Waals surface area (Å²) in [4.78, 5) is 29.0. The van der Waals surface area contributed by atoms with Crippen LogP contribution in [0.3, 0.4) is 0 Å². The predicted octanol–water partition coefficient (Wildman–Crippen LogP) is 0.439. The van der Waals surface area contributed by atoms with Crippen LogP contribution < -0.4 is 0 Å². The van der Waals surface area contributed by atoms with Crippen molar-refractivity contribution in [2.24, 2.45) is 0 Å². The maximum atomic E-state index is 10.7. The van der Waals surface area contributed by atoms with Gasteiger partial charge in [-0.2, -0.15) is 0 Å². The van der Waals surface area contributed by atoms with E-state index in [0.717, 1.165) is 6.08 Å². The lowest BCUT2D eigenvalue weighted by Gasteiger charge is -2.14. The zero-order valence-corrected chi connectivity index (χ0v) is 8.28. The van der Waals surface area contributed by atoms with Crippen molar-refractivity contribution in [1.82, 2.24) is 0 Å². The highest BCUT2D eigenvalue weighted by Crippen LogP contribution is 2.06. The Morgan fingerprint density at radius 1 is 1.58 bits per heavy atom. The molecule has 5 heteroatoms. The van der Waals surface area contributed by atoms with Crippen molar-refractivity contribution < 1.29 is 18.8 Å². The molecule has 0 saturated heterocycles. The lowest BCUT2D eigenvalue weighted by molar-refractivity contribution is -0.132. The molecule has 2 N–H and O–H groups in total. The van der Waals surface area contributed by atoms with Crippen LogP contribution in [0.5, 0.6) is 0 Å². The first kappa shape index (κ1) is 11.3. The van der Waals surface area contributed by atoms with Crippen LogP contribution in [-0.4, -0.2) is 24.4 Å². The number of hydrogen-bond acceptors (Lipinski definition) is 4. The van der Waals surface area contributed by atoms with Crippen LogP contribution in [0.15, 0.2) is 12.2 Å². The van der Waals surface area contributed by atoms with E-state index in [0.29, 0.717) is 6.42 Å². The summed E-state index contributed by atoms with van der Waals surface area (Å²) < 4.78 is 4.44. The van der Waals surface area contributed by atoms with Gasteiger partial charge < -0.3 is 14.0 Å². The lowest BCUT2D eigenvalue weighted by Crippen LogP contribution is -2.40. The second-order valence-electron chi connectivity index (χ2n) is 2.41. The molecule has 0 fully saturated rings. The Morgan fingerprint density at radius 2 is 2.17 bits per heavy atom. The molecule has 0 unspecified atom stereocenters. The Bertz CT molecular complexity index is 176. The molecule has 0 aliphatic rings. The Labute approximate surface area is 72.9 Å². The van der Waals surface area contributed by atoms with Crippen molar-refractivity contribution in [1.29, 1.82) is 0 Å². The van der Waals surface area contributed by atoms with Gasteiger partial charge in [0.15, 0.2) is 0 Å². The van der Waals surface area contributed by atoms with Crippen LogP contribution in [0.25, 0.3) is 0 Å². The van der Waals surface area contributed by atoms with E-state index in [2.05, 4.69) is 4.43 Å². The summed E-state index contributed by atoms with van der Waals surface area (Å²) in [7, 11) is -3.70. The van der Waals surface area contributed by atoms with E-state index >= 15 is 0 Å². The van der Waals surface area contributed by atoms with Crippen LogP contribution in [0, 0.1) is 0 Å². The average molecular weight is 190 g/mol. The van der Waals surface area contributed by atoms with Crippen LogP contribution in [0.1, 0.15) is 20.3 Å². The van der Waals surface area contributed by atoms with Gasteiger partial charge in [-0.3, -0.25) is 0 Å². The van der Waals surface area contributed by atoms with Gasteiger partial charge in [-0.25, -0.2) is 4.79 Å². The highest BCUT2D eigenvalue weighted by atomic mass is 28.4. The zero-order valence-electron chi connectivity index (χ0n) is 7.28. The minimum Gasteiger partial charge on any atom is -0.470 e. The molecule has 0 aromatic carbocycles. The second-order valence-corrected chi connectivity index (χ2v) is 4.60. The molecule has 0 aromatic rings. The standard InChI is InChI=1S/C7H14O4Si/c1-3-5-7(8)11-12(9,10)6-4-2/h3,5,9-10H,4,6H2,1-2H3. The number of carbonyl (C=O) groups excluding carboxylic acids is 1. The third-order valence-electron chi connectivity index (χ3n) is 1.14. The highest BCUT2D eigenvalue weighted by Gasteiger charge is 2.34. The molecule has 0 aliphatic heterocycles. The largest absolute Gasteiger partial charge is 0.562 e. The van der Waals surface area contributed by atoms with Gasteiger partial charge in [0.1, 0.15) is 0 Å². The third-order valence-corrected chi connectivity index (χ3v) is 2.82. The Balaban J connectivity index is 3.96. The minimum atomic E-state index is -3.70. The van der Waals surface area contributed by atoms with E-state index in [1.54, 1.807) is 13.8 Å². The van der Waals surface area contributed by atoms with Crippen molar-refractivity contribution >= 4 is 14.8 Å². The molecule has 0 aliphatic carbocycles. The van der Waals surface area contributed by atoms with Gasteiger partial charge in [0.2, 0.25) is 0 Å². The van der Waals surface area contributed by atoms with E-state index < -0.39 is 14.8 Å². The first-order valence-corrected chi connectivity index (χ1v) is 5.83. The molecule has 0 amide bonds. The summed E-state index contributed by atoms with van der Waals surface area (Å²) in [5.41, 5.74) is 0. The second kappa shape index (κ2) is 5.07. The SMILES string of the molecule is CC=CC(=O)O[Si](O)(O)CCC. The Kier molecular flexibility index (Phi) is 4.80. The molecular formula is C7H14O4Si. The van der Waals surface area contributed by atoms with Crippen molar-refractivity contribution in [2.75, 3.05) is 0 Å². The van der Waals surface area contributed by atoms with Gasteiger partial charge in [0.05, 0.1) is 0 Å². The zero-order chi connectivity index (χ0) is 9.61. The highest BCUT2D eigenvalue weighted by molar-refractivity contribution is 6.59. The molecule has 70 valence electrons. The van der Waals surface area contributed by atoms with Crippen LogP contribution in [-0.2, 0) is 9.22 Å². The molecule has 0 aromatic heterocycles. The first-order chi connectivity index (χ1) is 5.52. The van der Waals surface area contributed by atoms with Gasteiger partial charge >= 0.3 is 14.8 Å². The minimum absolute atomic E-state index is 0.149. The Morgan fingerprint density at radius 3 is 2.58 bits per heavy atom. The average Bonchev–Trinajstić information content (AvgIpc) is 1.85. The summed E-state index contributed by atoms with van der Waals surface area (Å²) in [5, 5.41) is 0. The van der Waals surface area contributed by atoms with Gasteiger partial charge in [-0.1, -0.05) is 19.4 Å². The van der Waals surface area contributed by atoms with Gasteiger partial charge in [-0.15, -0.1) is 0 Å². The lowest BCUT2D eigenvalue weighted by atomic mass is 10.5. The molecule has 0 saturated carbocycles. The van der Waals surface area contributed by atoms with E-state index in [1.165, 1.54) is 6.08 Å². The van der Waals surface area contributed by atoms with Gasteiger partial charge in [0.25, 0.3) is 0 Å². The number of carbonyl (C=O) groups is 1. The van der Waals surface area contributed by atoms with Crippen LogP contribution in [0.4, 0.5) is 0 Å². The molecule has 0 heterocycles. The smallest absolute Gasteiger partial charge is 0.470 e. The van der Waals surface area contributed by atoms with E-state index in [9.17, 15) is 4.79 Å². The Hall–Kier alpha value is -0.653. The number of allylic oxidation sites excluding steroid dienone is 1. The predicted molar refractivity (Wildman–Crippen MR) is 46.2 cm³/mol. The molecule has 4 nitrogen and oxygen atoms in total. The maximum Gasteiger partial charge on any atom is 0.562 e. The van der Waals surface area contributed by atoms with E-state index in [4.69, 9.17) is 9.59 Å². The fourth-order valence-corrected chi connectivity index (χ4v) is 1.85. The first-order valence-electron chi connectivity index (χ1n) is 3.82. The van der Waals surface area contributed by atoms with Crippen molar-refractivity contribution in [3.63, 3.8) is 0 Å². The number of rotatable bonds is 4. The van der Waals surface area contributed by atoms with E-state index in [-0.39, 0.29) is 6.04 Å². The molecule has 0 radical (unpaired) electrons. The summed E-state index contributed by atoms with van der Waals surface area (Å²) >= 11 is 0. The molecule has 0 rings (SSSR count). The summed E-state index contributed by atoms with van der Waals surface area (Å²) in [6.07, 6.45) is 3.23. The summed E-state index contributed by atoms with van der Waals surface area (Å²) in [6, 6.07) is 0.149. The molecular weight excluding hydrogens is 176 g/mol. The molecule has 0 spiro atoms. The van der Waals surface area contributed by atoms with Gasteiger partial charge in [-0.05, 0) is 6.92 Å². The van der Waals surface area contributed by atoms with Crippen molar-refractivity contribution in [2.45, 2.75) is 26.3 Å². The quantitative estimate of drug-likeness (QED) is 0.498. The monoisotopic (exact) mass is 190 g/mol. The van der Waals surface area contributed by atoms with Crippen LogP contribution >= 0.6 is 0 Å². The van der Waals surface area contributed by atoms with Crippen molar-refractivity contribution in [3.8, 4) is 0 Å². The van der Waals surface area contributed by atoms with Crippen LogP contribution in [0.2, 0.25) is 6.04 Å².